The lowest BCUT2D eigenvalue weighted by Gasteiger charge is -2.09. The van der Waals surface area contributed by atoms with E-state index in [0.29, 0.717) is 0 Å². The zero-order valence-corrected chi connectivity index (χ0v) is 11.2. The van der Waals surface area contributed by atoms with Gasteiger partial charge in [-0.1, -0.05) is 48.5 Å². The molecule has 0 radical (unpaired) electrons. The maximum Gasteiger partial charge on any atom is 0.113 e. The second-order valence-corrected chi connectivity index (χ2v) is 4.83. The van der Waals surface area contributed by atoms with Gasteiger partial charge in [0.25, 0.3) is 0 Å². The van der Waals surface area contributed by atoms with Crippen LogP contribution in [-0.4, -0.2) is 9.55 Å². The Bertz CT molecular complexity index is 686. The van der Waals surface area contributed by atoms with Crippen LogP contribution in [0.5, 0.6) is 0 Å². The number of aromatic nitrogens is 2. The van der Waals surface area contributed by atoms with Gasteiger partial charge in [-0.25, -0.2) is 4.98 Å². The van der Waals surface area contributed by atoms with Crippen LogP contribution in [0, 0.1) is 0 Å². The summed E-state index contributed by atoms with van der Waals surface area (Å²) < 4.78 is 2.17. The number of imidazole rings is 1. The number of hydrogen-bond acceptors (Lipinski definition) is 2. The Kier molecular flexibility index (Phi) is 3.50. The molecule has 0 spiro atoms. The number of benzene rings is 2. The van der Waals surface area contributed by atoms with Gasteiger partial charge in [-0.3, -0.25) is 0 Å². The Hall–Kier alpha value is -2.55. The van der Waals surface area contributed by atoms with E-state index in [1.165, 1.54) is 5.56 Å². The third kappa shape index (κ3) is 2.72. The van der Waals surface area contributed by atoms with Crippen molar-refractivity contribution >= 4 is 5.69 Å². The molecule has 0 atom stereocenters. The molecule has 0 aliphatic heterocycles. The molecule has 0 saturated carbocycles. The van der Waals surface area contributed by atoms with Crippen LogP contribution in [0.2, 0.25) is 0 Å². The van der Waals surface area contributed by atoms with Crippen LogP contribution < -0.4 is 5.73 Å². The molecule has 0 unspecified atom stereocenters. The molecule has 2 aromatic carbocycles. The summed E-state index contributed by atoms with van der Waals surface area (Å²) in [5, 5.41) is 0. The summed E-state index contributed by atoms with van der Waals surface area (Å²) in [5.74, 6) is 1.03. The molecule has 20 heavy (non-hydrogen) atoms. The second-order valence-electron chi connectivity index (χ2n) is 4.83. The van der Waals surface area contributed by atoms with E-state index >= 15 is 0 Å². The van der Waals surface area contributed by atoms with Crippen molar-refractivity contribution in [2.24, 2.45) is 0 Å². The lowest BCUT2D eigenvalue weighted by atomic mass is 10.1. The van der Waals surface area contributed by atoms with Gasteiger partial charge in [0, 0.05) is 31.0 Å². The largest absolute Gasteiger partial charge is 0.398 e. The number of nitrogens with two attached hydrogens (primary N) is 1. The highest BCUT2D eigenvalue weighted by Gasteiger charge is 2.06. The Balaban J connectivity index is 1.82. The molecule has 100 valence electrons. The molecule has 0 fully saturated rings. The fraction of sp³-hybridized carbons (Fsp3) is 0.118. The molecule has 3 heteroatoms. The highest BCUT2D eigenvalue weighted by Crippen LogP contribution is 2.16. The molecule has 0 bridgehead atoms. The third-order valence-electron chi connectivity index (χ3n) is 3.40. The van der Waals surface area contributed by atoms with Crippen LogP contribution in [0.1, 0.15) is 17.0 Å². The highest BCUT2D eigenvalue weighted by molar-refractivity contribution is 5.47. The number of rotatable bonds is 4. The normalized spacial score (nSPS) is 10.6. The quantitative estimate of drug-likeness (QED) is 0.735. The summed E-state index contributed by atoms with van der Waals surface area (Å²) in [6, 6.07) is 18.3. The summed E-state index contributed by atoms with van der Waals surface area (Å²) in [5.41, 5.74) is 9.21. The van der Waals surface area contributed by atoms with Crippen molar-refractivity contribution in [1.29, 1.82) is 0 Å². The first-order chi connectivity index (χ1) is 9.83. The van der Waals surface area contributed by atoms with E-state index in [-0.39, 0.29) is 0 Å². The molecule has 0 aliphatic rings. The van der Waals surface area contributed by atoms with Gasteiger partial charge in [0.1, 0.15) is 5.82 Å². The maximum absolute atomic E-state index is 6.00. The third-order valence-corrected chi connectivity index (χ3v) is 3.40. The summed E-state index contributed by atoms with van der Waals surface area (Å²) in [7, 11) is 0. The number of nitrogens with zero attached hydrogens (tertiary/aromatic N) is 2. The Morgan fingerprint density at radius 2 is 1.70 bits per heavy atom. The molecule has 1 heterocycles. The summed E-state index contributed by atoms with van der Waals surface area (Å²) >= 11 is 0. The van der Waals surface area contributed by atoms with Gasteiger partial charge in [-0.05, 0) is 17.2 Å². The van der Waals surface area contributed by atoms with Crippen LogP contribution >= 0.6 is 0 Å². The fourth-order valence-corrected chi connectivity index (χ4v) is 2.30. The monoisotopic (exact) mass is 263 g/mol. The van der Waals surface area contributed by atoms with E-state index in [2.05, 4.69) is 39.9 Å². The zero-order valence-electron chi connectivity index (χ0n) is 11.2. The molecule has 3 aromatic rings. The topological polar surface area (TPSA) is 43.8 Å². The van der Waals surface area contributed by atoms with Crippen LogP contribution in [0.15, 0.2) is 67.0 Å². The van der Waals surface area contributed by atoms with E-state index in [9.17, 15) is 0 Å². The van der Waals surface area contributed by atoms with Crippen molar-refractivity contribution in [3.63, 3.8) is 0 Å². The van der Waals surface area contributed by atoms with Crippen molar-refractivity contribution in [3.8, 4) is 0 Å². The maximum atomic E-state index is 6.00. The molecular weight excluding hydrogens is 246 g/mol. The van der Waals surface area contributed by atoms with Crippen molar-refractivity contribution in [3.05, 3.63) is 83.9 Å². The predicted octanol–water partition coefficient (Wildman–Crippen LogP) is 3.10. The van der Waals surface area contributed by atoms with Crippen LogP contribution in [0.3, 0.4) is 0 Å². The minimum atomic E-state index is 0.756. The van der Waals surface area contributed by atoms with Gasteiger partial charge >= 0.3 is 0 Å². The van der Waals surface area contributed by atoms with Crippen molar-refractivity contribution < 1.29 is 0 Å². The van der Waals surface area contributed by atoms with Gasteiger partial charge in [0.05, 0.1) is 0 Å². The second kappa shape index (κ2) is 5.61. The molecule has 3 rings (SSSR count). The van der Waals surface area contributed by atoms with Gasteiger partial charge in [-0.2, -0.15) is 0 Å². The fourth-order valence-electron chi connectivity index (χ4n) is 2.30. The van der Waals surface area contributed by atoms with Crippen molar-refractivity contribution in [2.75, 3.05) is 5.73 Å². The van der Waals surface area contributed by atoms with Crippen LogP contribution in [-0.2, 0) is 13.0 Å². The van der Waals surface area contributed by atoms with Gasteiger partial charge in [-0.15, -0.1) is 0 Å². The predicted molar refractivity (Wildman–Crippen MR) is 81.4 cm³/mol. The zero-order chi connectivity index (χ0) is 13.8. The summed E-state index contributed by atoms with van der Waals surface area (Å²) in [6.07, 6.45) is 4.62. The van der Waals surface area contributed by atoms with Gasteiger partial charge in [0.2, 0.25) is 0 Å². The lowest BCUT2D eigenvalue weighted by Crippen LogP contribution is -2.06. The first-order valence-corrected chi connectivity index (χ1v) is 6.70. The average molecular weight is 263 g/mol. The number of anilines is 1. The average Bonchev–Trinajstić information content (AvgIpc) is 2.90. The van der Waals surface area contributed by atoms with E-state index in [0.717, 1.165) is 30.0 Å². The molecule has 0 aliphatic carbocycles. The Morgan fingerprint density at radius 1 is 0.950 bits per heavy atom. The van der Waals surface area contributed by atoms with E-state index < -0.39 is 0 Å². The van der Waals surface area contributed by atoms with Crippen LogP contribution in [0.25, 0.3) is 0 Å². The Morgan fingerprint density at radius 3 is 2.50 bits per heavy atom. The smallest absolute Gasteiger partial charge is 0.113 e. The van der Waals surface area contributed by atoms with Crippen molar-refractivity contribution in [1.82, 2.24) is 9.55 Å². The lowest BCUT2D eigenvalue weighted by molar-refractivity contribution is 0.741. The number of nitrogen functional groups attached to an aromatic ring is 1. The summed E-state index contributed by atoms with van der Waals surface area (Å²) in [4.78, 5) is 4.46. The highest BCUT2D eigenvalue weighted by atomic mass is 15.1. The number of hydrogen-bond donors (Lipinski definition) is 1. The first kappa shape index (κ1) is 12.5. The minimum Gasteiger partial charge on any atom is -0.398 e. The van der Waals surface area contributed by atoms with Gasteiger partial charge in [0.15, 0.2) is 0 Å². The number of para-hydroxylation sites is 1. The SMILES string of the molecule is Nc1ccccc1Cc1nccn1Cc1ccccc1. The van der Waals surface area contributed by atoms with E-state index in [4.69, 9.17) is 5.73 Å². The molecule has 3 nitrogen and oxygen atoms in total. The van der Waals surface area contributed by atoms with E-state index in [1.54, 1.807) is 0 Å². The molecular formula is C17H17N3. The molecule has 1 aromatic heterocycles. The van der Waals surface area contributed by atoms with Gasteiger partial charge < -0.3 is 10.3 Å². The van der Waals surface area contributed by atoms with E-state index in [1.807, 2.05) is 36.7 Å². The molecule has 2 N–H and O–H groups in total. The molecule has 0 amide bonds. The summed E-state index contributed by atoms with van der Waals surface area (Å²) in [6.45, 7) is 0.836. The van der Waals surface area contributed by atoms with Crippen LogP contribution in [0.4, 0.5) is 5.69 Å². The Labute approximate surface area is 118 Å². The first-order valence-electron chi connectivity index (χ1n) is 6.70. The minimum absolute atomic E-state index is 0.756. The molecule has 0 saturated heterocycles. The van der Waals surface area contributed by atoms with Crippen molar-refractivity contribution in [2.45, 2.75) is 13.0 Å². The standard InChI is InChI=1S/C17H17N3/c18-16-9-5-4-8-15(16)12-17-19-10-11-20(17)13-14-6-2-1-3-7-14/h1-11H,12-13,18H2.